The molecule has 0 saturated heterocycles. The zero-order chi connectivity index (χ0) is 22.1. The second kappa shape index (κ2) is 11.2. The number of allylic oxidation sites excluding steroid dienone is 1. The minimum Gasteiger partial charge on any atom is -0.465 e. The Morgan fingerprint density at radius 2 is 2.03 bits per heavy atom. The Morgan fingerprint density at radius 1 is 1.23 bits per heavy atom. The second-order valence-electron chi connectivity index (χ2n) is 7.03. The van der Waals surface area contributed by atoms with E-state index < -0.39 is 18.2 Å². The lowest BCUT2D eigenvalue weighted by molar-refractivity contribution is -0.143. The van der Waals surface area contributed by atoms with Gasteiger partial charge in [0.15, 0.2) is 5.76 Å². The average molecular weight is 426 g/mol. The number of carbonyl (C=O) groups excluding carboxylic acids is 2. The van der Waals surface area contributed by atoms with Crippen molar-refractivity contribution in [3.05, 3.63) is 71.8 Å². The fourth-order valence-electron chi connectivity index (χ4n) is 3.19. The number of esters is 1. The number of aliphatic hydroxyl groups is 1. The van der Waals surface area contributed by atoms with Gasteiger partial charge in [0.05, 0.1) is 31.2 Å². The number of hydrogen-bond donors (Lipinski definition) is 2. The molecule has 8 nitrogen and oxygen atoms in total. The molecule has 3 rings (SSSR count). The van der Waals surface area contributed by atoms with E-state index in [0.717, 1.165) is 5.56 Å². The van der Waals surface area contributed by atoms with E-state index in [0.29, 0.717) is 37.1 Å². The van der Waals surface area contributed by atoms with Crippen LogP contribution in [-0.4, -0.2) is 48.6 Å². The van der Waals surface area contributed by atoms with Crippen molar-refractivity contribution in [2.45, 2.75) is 31.5 Å². The Kier molecular flexibility index (Phi) is 8.14. The lowest BCUT2D eigenvalue weighted by Crippen LogP contribution is -2.29. The normalized spacial score (nSPS) is 17.9. The summed E-state index contributed by atoms with van der Waals surface area (Å²) in [6, 6.07) is 10.5. The van der Waals surface area contributed by atoms with Crippen LogP contribution in [0.2, 0.25) is 0 Å². The average Bonchev–Trinajstić information content (AvgIpc) is 2.82. The van der Waals surface area contributed by atoms with Gasteiger partial charge in [-0.2, -0.15) is 0 Å². The number of carbonyl (C=O) groups is 2. The molecule has 2 aromatic rings. The molecule has 0 aliphatic carbocycles. The number of benzene rings is 1. The third kappa shape index (κ3) is 6.37. The number of aliphatic hydroxyl groups excluding tert-OH is 1. The summed E-state index contributed by atoms with van der Waals surface area (Å²) in [6.45, 7) is 0.513. The number of pyridine rings is 1. The number of hydrogen-bond acceptors (Lipinski definition) is 7. The Morgan fingerprint density at radius 3 is 2.71 bits per heavy atom. The van der Waals surface area contributed by atoms with Crippen LogP contribution in [0, 0.1) is 0 Å². The van der Waals surface area contributed by atoms with Crippen molar-refractivity contribution in [1.82, 2.24) is 4.98 Å². The van der Waals surface area contributed by atoms with E-state index in [-0.39, 0.29) is 18.3 Å². The van der Waals surface area contributed by atoms with Crippen LogP contribution in [0.25, 0.3) is 0 Å². The predicted octanol–water partition coefficient (Wildman–Crippen LogP) is 3.01. The van der Waals surface area contributed by atoms with Crippen molar-refractivity contribution in [1.29, 1.82) is 0 Å². The van der Waals surface area contributed by atoms with E-state index >= 15 is 0 Å². The zero-order valence-electron chi connectivity index (χ0n) is 17.3. The van der Waals surface area contributed by atoms with Crippen LogP contribution in [0.4, 0.5) is 5.69 Å². The number of ether oxygens (including phenoxy) is 3. The monoisotopic (exact) mass is 426 g/mol. The van der Waals surface area contributed by atoms with Crippen molar-refractivity contribution in [2.75, 3.05) is 25.6 Å². The Hall–Kier alpha value is -3.23. The van der Waals surface area contributed by atoms with Crippen molar-refractivity contribution in [2.24, 2.45) is 0 Å². The summed E-state index contributed by atoms with van der Waals surface area (Å²) in [4.78, 5) is 28.4. The molecule has 1 aliphatic heterocycles. The summed E-state index contributed by atoms with van der Waals surface area (Å²) >= 11 is 0. The lowest BCUT2D eigenvalue weighted by atomic mass is 9.92. The van der Waals surface area contributed by atoms with E-state index in [4.69, 9.17) is 19.3 Å². The van der Waals surface area contributed by atoms with E-state index in [1.807, 2.05) is 12.1 Å². The summed E-state index contributed by atoms with van der Waals surface area (Å²) < 4.78 is 16.3. The standard InChI is InChI=1S/C23H26N2O6/c1-29-23(28)17-8-6-16(7-9-17)18-13-20(22(27)25-19-5-4-10-24-15-19)31-21(14-18)30-12-3-2-11-26/h4-10,13,15,18,21,26H,2-3,11-12,14H2,1H3,(H,25,27)/t18-,21+/m1/s1. The molecule has 0 fully saturated rings. The van der Waals surface area contributed by atoms with Gasteiger partial charge in [-0.1, -0.05) is 12.1 Å². The third-order valence-electron chi connectivity index (χ3n) is 4.82. The summed E-state index contributed by atoms with van der Waals surface area (Å²) in [5.74, 6) is -0.786. The molecular weight excluding hydrogens is 400 g/mol. The van der Waals surface area contributed by atoms with E-state index in [1.54, 1.807) is 42.7 Å². The molecule has 0 bridgehead atoms. The number of anilines is 1. The summed E-state index contributed by atoms with van der Waals surface area (Å²) in [5, 5.41) is 11.7. The van der Waals surface area contributed by atoms with Crippen molar-refractivity contribution < 1.29 is 28.9 Å². The molecule has 1 aromatic carbocycles. The first-order valence-corrected chi connectivity index (χ1v) is 10.1. The van der Waals surface area contributed by atoms with Crippen molar-refractivity contribution >= 4 is 17.6 Å². The van der Waals surface area contributed by atoms with Gasteiger partial charge in [-0.25, -0.2) is 4.79 Å². The van der Waals surface area contributed by atoms with Crippen molar-refractivity contribution in [3.63, 3.8) is 0 Å². The van der Waals surface area contributed by atoms with E-state index in [2.05, 4.69) is 10.3 Å². The molecule has 1 aliphatic rings. The topological polar surface area (TPSA) is 107 Å². The fraction of sp³-hybridized carbons (Fsp3) is 0.348. The largest absolute Gasteiger partial charge is 0.465 e. The van der Waals surface area contributed by atoms with Gasteiger partial charge in [0.25, 0.3) is 5.91 Å². The number of methoxy groups -OCH3 is 1. The Labute approximate surface area is 180 Å². The highest BCUT2D eigenvalue weighted by Crippen LogP contribution is 2.32. The summed E-state index contributed by atoms with van der Waals surface area (Å²) in [5.41, 5.74) is 1.93. The van der Waals surface area contributed by atoms with Crippen LogP contribution in [0.5, 0.6) is 0 Å². The highest BCUT2D eigenvalue weighted by molar-refractivity contribution is 6.02. The number of amides is 1. The lowest BCUT2D eigenvalue weighted by Gasteiger charge is -2.29. The smallest absolute Gasteiger partial charge is 0.337 e. The van der Waals surface area contributed by atoms with E-state index in [1.165, 1.54) is 7.11 Å². The first kappa shape index (κ1) is 22.5. The molecule has 164 valence electrons. The maximum atomic E-state index is 12.8. The minimum atomic E-state index is -0.608. The molecule has 1 amide bonds. The maximum Gasteiger partial charge on any atom is 0.337 e. The summed E-state index contributed by atoms with van der Waals surface area (Å²) in [6.07, 6.45) is 6.16. The molecule has 8 heteroatoms. The Balaban J connectivity index is 1.77. The second-order valence-corrected chi connectivity index (χ2v) is 7.03. The van der Waals surface area contributed by atoms with Gasteiger partial charge in [-0.3, -0.25) is 9.78 Å². The summed E-state index contributed by atoms with van der Waals surface area (Å²) in [7, 11) is 1.34. The number of rotatable bonds is 9. The van der Waals surface area contributed by atoms with Crippen LogP contribution in [0.3, 0.4) is 0 Å². The molecule has 0 saturated carbocycles. The maximum absolute atomic E-state index is 12.8. The number of unbranched alkanes of at least 4 members (excludes halogenated alkanes) is 1. The fourth-order valence-corrected chi connectivity index (χ4v) is 3.19. The number of nitrogens with one attached hydrogen (secondary N) is 1. The van der Waals surface area contributed by atoms with E-state index in [9.17, 15) is 9.59 Å². The minimum absolute atomic E-state index is 0.0999. The van der Waals surface area contributed by atoms with Crippen LogP contribution >= 0.6 is 0 Å². The first-order valence-electron chi connectivity index (χ1n) is 10.1. The van der Waals surface area contributed by atoms with Crippen molar-refractivity contribution in [3.8, 4) is 0 Å². The molecular formula is C23H26N2O6. The highest BCUT2D eigenvalue weighted by Gasteiger charge is 2.29. The molecule has 2 atom stereocenters. The molecule has 2 heterocycles. The van der Waals surface area contributed by atoms with Gasteiger partial charge in [-0.05, 0) is 48.7 Å². The van der Waals surface area contributed by atoms with Gasteiger partial charge in [0.1, 0.15) is 0 Å². The van der Waals surface area contributed by atoms with Gasteiger partial charge in [-0.15, -0.1) is 0 Å². The number of aromatic nitrogens is 1. The zero-order valence-corrected chi connectivity index (χ0v) is 17.3. The quantitative estimate of drug-likeness (QED) is 0.469. The number of nitrogens with zero attached hydrogens (tertiary/aromatic N) is 1. The van der Waals surface area contributed by atoms with Crippen LogP contribution in [0.1, 0.15) is 41.1 Å². The van der Waals surface area contributed by atoms with Gasteiger partial charge < -0.3 is 24.6 Å². The van der Waals surface area contributed by atoms with Crippen LogP contribution < -0.4 is 5.32 Å². The SMILES string of the molecule is COC(=O)c1ccc([C@@H]2C=C(C(=O)Nc3cccnc3)O[C@H](OCCCCO)C2)cc1. The molecule has 0 spiro atoms. The Bertz CT molecular complexity index is 898. The molecule has 0 radical (unpaired) electrons. The van der Waals surface area contributed by atoms with Crippen LogP contribution in [-0.2, 0) is 19.0 Å². The van der Waals surface area contributed by atoms with Gasteiger partial charge >= 0.3 is 5.97 Å². The third-order valence-corrected chi connectivity index (χ3v) is 4.82. The predicted molar refractivity (Wildman–Crippen MR) is 113 cm³/mol. The molecule has 0 unspecified atom stereocenters. The van der Waals surface area contributed by atoms with Gasteiger partial charge in [0.2, 0.25) is 6.29 Å². The van der Waals surface area contributed by atoms with Crippen LogP contribution in [0.15, 0.2) is 60.6 Å². The molecule has 2 N–H and O–H groups in total. The first-order chi connectivity index (χ1) is 15.1. The molecule has 31 heavy (non-hydrogen) atoms. The molecule has 1 aromatic heterocycles. The van der Waals surface area contributed by atoms with Gasteiger partial charge in [0, 0.05) is 25.1 Å². The highest BCUT2D eigenvalue weighted by atomic mass is 16.7.